The topological polar surface area (TPSA) is 48.8 Å². The lowest BCUT2D eigenvalue weighted by Crippen LogP contribution is -1.90. The number of aryl methyl sites for hydroxylation is 2. The first-order valence-corrected chi connectivity index (χ1v) is 4.26. The summed E-state index contributed by atoms with van der Waals surface area (Å²) in [5.41, 5.74) is 11.8. The van der Waals surface area contributed by atoms with Crippen molar-refractivity contribution < 1.29 is 0 Å². The first-order chi connectivity index (χ1) is 6.15. The lowest BCUT2D eigenvalue weighted by atomic mass is 10.0. The van der Waals surface area contributed by atoms with Gasteiger partial charge in [-0.25, -0.2) is 0 Å². The highest BCUT2D eigenvalue weighted by molar-refractivity contribution is 5.31. The highest BCUT2D eigenvalue weighted by Gasteiger charge is 2.02. The fourth-order valence-electron chi connectivity index (χ4n) is 1.17. The third-order valence-electron chi connectivity index (χ3n) is 2.24. The zero-order valence-electron chi connectivity index (χ0n) is 8.15. The summed E-state index contributed by atoms with van der Waals surface area (Å²) < 4.78 is 0. The van der Waals surface area contributed by atoms with Gasteiger partial charge in [-0.2, -0.15) is 0 Å². The molecule has 0 aromatic heterocycles. The molecule has 1 aromatic carbocycles. The van der Waals surface area contributed by atoms with E-state index in [4.69, 9.17) is 5.53 Å². The van der Waals surface area contributed by atoms with Crippen molar-refractivity contribution in [3.05, 3.63) is 45.3 Å². The third kappa shape index (κ3) is 2.23. The second-order valence-corrected chi connectivity index (χ2v) is 3.22. The predicted molar refractivity (Wildman–Crippen MR) is 53.5 cm³/mol. The lowest BCUT2D eigenvalue weighted by Gasteiger charge is -2.07. The normalized spacial score (nSPS) is 11.9. The minimum atomic E-state index is -0.0794. The van der Waals surface area contributed by atoms with Crippen LogP contribution in [0.15, 0.2) is 23.3 Å². The van der Waals surface area contributed by atoms with Crippen molar-refractivity contribution in [1.82, 2.24) is 0 Å². The van der Waals surface area contributed by atoms with E-state index in [0.717, 1.165) is 5.56 Å². The highest BCUT2D eigenvalue weighted by Crippen LogP contribution is 2.19. The van der Waals surface area contributed by atoms with Crippen molar-refractivity contribution in [2.75, 3.05) is 0 Å². The molecule has 3 heteroatoms. The number of hydrogen-bond donors (Lipinski definition) is 0. The van der Waals surface area contributed by atoms with Crippen LogP contribution in [-0.4, -0.2) is 0 Å². The van der Waals surface area contributed by atoms with Crippen LogP contribution in [-0.2, 0) is 0 Å². The van der Waals surface area contributed by atoms with Gasteiger partial charge in [0.2, 0.25) is 0 Å². The summed E-state index contributed by atoms with van der Waals surface area (Å²) in [6.07, 6.45) is 0. The van der Waals surface area contributed by atoms with Crippen LogP contribution >= 0.6 is 0 Å². The van der Waals surface area contributed by atoms with E-state index in [1.807, 2.05) is 19.1 Å². The summed E-state index contributed by atoms with van der Waals surface area (Å²) in [6.45, 7) is 6.02. The van der Waals surface area contributed by atoms with Crippen LogP contribution in [0.4, 0.5) is 0 Å². The van der Waals surface area contributed by atoms with Gasteiger partial charge >= 0.3 is 0 Å². The molecular weight excluding hydrogens is 162 g/mol. The molecule has 0 radical (unpaired) electrons. The fourth-order valence-corrected chi connectivity index (χ4v) is 1.17. The molecule has 0 amide bonds. The molecule has 0 spiro atoms. The van der Waals surface area contributed by atoms with E-state index >= 15 is 0 Å². The Labute approximate surface area is 78.0 Å². The Kier molecular flexibility index (Phi) is 2.93. The summed E-state index contributed by atoms with van der Waals surface area (Å²) in [6, 6.07) is 6.04. The van der Waals surface area contributed by atoms with E-state index in [1.54, 1.807) is 0 Å². The summed E-state index contributed by atoms with van der Waals surface area (Å²) in [5.74, 6) is 0. The molecule has 1 aromatic rings. The van der Waals surface area contributed by atoms with Crippen molar-refractivity contribution in [1.29, 1.82) is 0 Å². The van der Waals surface area contributed by atoms with Crippen molar-refractivity contribution in [2.24, 2.45) is 5.11 Å². The SMILES string of the molecule is Cc1ccc([C@H](C)N=[N+]=[N-])cc1C. The quantitative estimate of drug-likeness (QED) is 0.374. The van der Waals surface area contributed by atoms with Gasteiger partial charge < -0.3 is 0 Å². The Morgan fingerprint density at radius 1 is 1.31 bits per heavy atom. The standard InChI is InChI=1S/C10H13N3/c1-7-4-5-10(6-8(7)2)9(3)12-13-11/h4-6,9H,1-3H3/t9-/m0/s1. The minimum absolute atomic E-state index is 0.0794. The molecule has 68 valence electrons. The van der Waals surface area contributed by atoms with E-state index in [1.165, 1.54) is 11.1 Å². The molecule has 0 aliphatic carbocycles. The zero-order chi connectivity index (χ0) is 9.84. The van der Waals surface area contributed by atoms with Crippen molar-refractivity contribution in [3.8, 4) is 0 Å². The van der Waals surface area contributed by atoms with Crippen LogP contribution in [0.5, 0.6) is 0 Å². The maximum atomic E-state index is 8.28. The molecule has 0 unspecified atom stereocenters. The number of nitrogens with zero attached hydrogens (tertiary/aromatic N) is 3. The minimum Gasteiger partial charge on any atom is -0.0862 e. The smallest absolute Gasteiger partial charge is 0.0597 e. The largest absolute Gasteiger partial charge is 0.0862 e. The molecule has 3 nitrogen and oxygen atoms in total. The molecule has 0 saturated heterocycles. The van der Waals surface area contributed by atoms with Gasteiger partial charge in [-0.15, -0.1) is 0 Å². The van der Waals surface area contributed by atoms with Gasteiger partial charge in [0.25, 0.3) is 0 Å². The van der Waals surface area contributed by atoms with Gasteiger partial charge in [0.15, 0.2) is 0 Å². The zero-order valence-corrected chi connectivity index (χ0v) is 8.15. The third-order valence-corrected chi connectivity index (χ3v) is 2.24. The molecule has 0 bridgehead atoms. The maximum absolute atomic E-state index is 8.28. The van der Waals surface area contributed by atoms with E-state index in [9.17, 15) is 0 Å². The lowest BCUT2D eigenvalue weighted by molar-refractivity contribution is 0.806. The van der Waals surface area contributed by atoms with Crippen molar-refractivity contribution in [3.63, 3.8) is 0 Å². The van der Waals surface area contributed by atoms with Crippen LogP contribution < -0.4 is 0 Å². The monoisotopic (exact) mass is 175 g/mol. The Morgan fingerprint density at radius 2 is 2.00 bits per heavy atom. The van der Waals surface area contributed by atoms with E-state index < -0.39 is 0 Å². The predicted octanol–water partition coefficient (Wildman–Crippen LogP) is 3.67. The van der Waals surface area contributed by atoms with Gasteiger partial charge in [0.1, 0.15) is 0 Å². The van der Waals surface area contributed by atoms with E-state index in [-0.39, 0.29) is 6.04 Å². The molecule has 0 fully saturated rings. The molecular formula is C10H13N3. The molecule has 13 heavy (non-hydrogen) atoms. The van der Waals surface area contributed by atoms with Crippen molar-refractivity contribution >= 4 is 0 Å². The molecule has 1 rings (SSSR count). The number of rotatable bonds is 2. The van der Waals surface area contributed by atoms with Gasteiger partial charge in [0, 0.05) is 4.91 Å². The molecule has 0 heterocycles. The van der Waals surface area contributed by atoms with E-state index in [2.05, 4.69) is 29.9 Å². The van der Waals surface area contributed by atoms with Crippen molar-refractivity contribution in [2.45, 2.75) is 26.8 Å². The van der Waals surface area contributed by atoms with Gasteiger partial charge in [-0.05, 0) is 36.1 Å². The summed E-state index contributed by atoms with van der Waals surface area (Å²) >= 11 is 0. The average Bonchev–Trinajstić information content (AvgIpc) is 2.10. The first-order valence-electron chi connectivity index (χ1n) is 4.26. The van der Waals surface area contributed by atoms with Crippen LogP contribution in [0.1, 0.15) is 29.7 Å². The average molecular weight is 175 g/mol. The highest BCUT2D eigenvalue weighted by atomic mass is 15.1. The van der Waals surface area contributed by atoms with Gasteiger partial charge in [0.05, 0.1) is 6.04 Å². The fraction of sp³-hybridized carbons (Fsp3) is 0.400. The van der Waals surface area contributed by atoms with Crippen LogP contribution in [0.3, 0.4) is 0 Å². The Morgan fingerprint density at radius 3 is 2.54 bits per heavy atom. The van der Waals surface area contributed by atoms with Crippen LogP contribution in [0.25, 0.3) is 10.4 Å². The molecule has 0 N–H and O–H groups in total. The maximum Gasteiger partial charge on any atom is 0.0597 e. The number of azide groups is 1. The number of benzene rings is 1. The molecule has 0 aliphatic rings. The van der Waals surface area contributed by atoms with Gasteiger partial charge in [-0.3, -0.25) is 0 Å². The molecule has 0 aliphatic heterocycles. The van der Waals surface area contributed by atoms with Crippen LogP contribution in [0, 0.1) is 13.8 Å². The first kappa shape index (κ1) is 9.62. The second kappa shape index (κ2) is 3.97. The van der Waals surface area contributed by atoms with Gasteiger partial charge in [-0.1, -0.05) is 30.2 Å². The Bertz CT molecular complexity index is 351. The Hall–Kier alpha value is -1.47. The molecule has 1 atom stereocenters. The van der Waals surface area contributed by atoms with E-state index in [0.29, 0.717) is 0 Å². The second-order valence-electron chi connectivity index (χ2n) is 3.22. The summed E-state index contributed by atoms with van der Waals surface area (Å²) in [5, 5.41) is 3.65. The van der Waals surface area contributed by atoms with Crippen LogP contribution in [0.2, 0.25) is 0 Å². The molecule has 0 saturated carbocycles. The summed E-state index contributed by atoms with van der Waals surface area (Å²) in [4.78, 5) is 2.79. The number of hydrogen-bond acceptors (Lipinski definition) is 1. The Balaban J connectivity index is 3.03. The summed E-state index contributed by atoms with van der Waals surface area (Å²) in [7, 11) is 0.